The highest BCUT2D eigenvalue weighted by molar-refractivity contribution is 6.05. The number of hydrogen-bond donors (Lipinski definition) is 2. The molecule has 0 saturated heterocycles. The Morgan fingerprint density at radius 2 is 2.05 bits per heavy atom. The van der Waals surface area contributed by atoms with Gasteiger partial charge in [0.1, 0.15) is 12.4 Å². The molecule has 20 heavy (non-hydrogen) atoms. The molecule has 100 valence electrons. The first-order valence-corrected chi connectivity index (χ1v) is 5.81. The molecule has 0 aliphatic carbocycles. The number of carbonyl (C=O) groups is 1. The van der Waals surface area contributed by atoms with Crippen molar-refractivity contribution < 1.29 is 14.3 Å². The number of benzene rings is 1. The van der Waals surface area contributed by atoms with Crippen LogP contribution in [0.1, 0.15) is 15.9 Å². The Morgan fingerprint density at radius 1 is 1.30 bits per heavy atom. The fraction of sp³-hybridized carbons (Fsp3) is 0.0667. The zero-order valence-electron chi connectivity index (χ0n) is 10.4. The van der Waals surface area contributed by atoms with Gasteiger partial charge in [0.2, 0.25) is 0 Å². The van der Waals surface area contributed by atoms with Gasteiger partial charge >= 0.3 is 0 Å². The molecular weight excluding hydrogens is 259 g/mol. The second-order valence-electron chi connectivity index (χ2n) is 3.84. The molecule has 0 aliphatic rings. The lowest BCUT2D eigenvalue weighted by molar-refractivity contribution is 0.102. The van der Waals surface area contributed by atoms with Crippen molar-refractivity contribution in [3.05, 3.63) is 59.7 Å². The molecule has 0 saturated carbocycles. The van der Waals surface area contributed by atoms with Crippen LogP contribution in [0.5, 0.6) is 0 Å². The van der Waals surface area contributed by atoms with Crippen LogP contribution in [0.4, 0.5) is 10.1 Å². The number of pyridine rings is 1. The summed E-state index contributed by atoms with van der Waals surface area (Å²) < 4.78 is 12.8. The maximum absolute atomic E-state index is 12.8. The zero-order chi connectivity index (χ0) is 14.4. The van der Waals surface area contributed by atoms with Crippen molar-refractivity contribution in [3.63, 3.8) is 0 Å². The Bertz CT molecular complexity index is 672. The van der Waals surface area contributed by atoms with Gasteiger partial charge in [-0.3, -0.25) is 9.78 Å². The van der Waals surface area contributed by atoms with Crippen LogP contribution in [0.2, 0.25) is 0 Å². The minimum atomic E-state index is -0.374. The standard InChI is InChI=1S/C15H11FN2O2/c16-12-3-5-13(6-4-12)18-15(20)14-7-8-17-10-11(14)2-1-9-19/h3-8,10,19H,9H2,(H,18,20). The number of halogens is 1. The number of rotatable bonds is 2. The number of carbonyl (C=O) groups excluding carboxylic acids is 1. The Balaban J connectivity index is 2.23. The molecule has 0 spiro atoms. The first kappa shape index (κ1) is 13.7. The molecule has 4 nitrogen and oxygen atoms in total. The number of aromatic nitrogens is 1. The monoisotopic (exact) mass is 270 g/mol. The minimum Gasteiger partial charge on any atom is -0.384 e. The lowest BCUT2D eigenvalue weighted by Crippen LogP contribution is -2.13. The molecular formula is C15H11FN2O2. The van der Waals surface area contributed by atoms with Crippen LogP contribution >= 0.6 is 0 Å². The fourth-order valence-electron chi connectivity index (χ4n) is 1.56. The van der Waals surface area contributed by atoms with Crippen molar-refractivity contribution in [2.24, 2.45) is 0 Å². The van der Waals surface area contributed by atoms with Gasteiger partial charge in [0, 0.05) is 18.1 Å². The van der Waals surface area contributed by atoms with E-state index in [-0.39, 0.29) is 18.3 Å². The molecule has 0 aliphatic heterocycles. The van der Waals surface area contributed by atoms with E-state index >= 15 is 0 Å². The van der Waals surface area contributed by atoms with Crippen LogP contribution in [-0.4, -0.2) is 22.6 Å². The van der Waals surface area contributed by atoms with Crippen LogP contribution in [0.15, 0.2) is 42.7 Å². The zero-order valence-corrected chi connectivity index (χ0v) is 10.4. The summed E-state index contributed by atoms with van der Waals surface area (Å²) in [5.41, 5.74) is 1.24. The predicted molar refractivity (Wildman–Crippen MR) is 72.6 cm³/mol. The van der Waals surface area contributed by atoms with Gasteiger partial charge in [0.25, 0.3) is 5.91 Å². The third-order valence-corrected chi connectivity index (χ3v) is 2.47. The van der Waals surface area contributed by atoms with Crippen molar-refractivity contribution in [1.29, 1.82) is 0 Å². The lowest BCUT2D eigenvalue weighted by Gasteiger charge is -2.06. The van der Waals surface area contributed by atoms with Crippen LogP contribution in [-0.2, 0) is 0 Å². The Labute approximate surface area is 115 Å². The summed E-state index contributed by atoms with van der Waals surface area (Å²) in [4.78, 5) is 16.0. The number of nitrogens with zero attached hydrogens (tertiary/aromatic N) is 1. The van der Waals surface area contributed by atoms with E-state index in [4.69, 9.17) is 5.11 Å². The summed E-state index contributed by atoms with van der Waals surface area (Å²) in [6.07, 6.45) is 2.92. The predicted octanol–water partition coefficient (Wildman–Crippen LogP) is 1.82. The molecule has 2 aromatic rings. The van der Waals surface area contributed by atoms with E-state index in [1.54, 1.807) is 0 Å². The van der Waals surface area contributed by atoms with Gasteiger partial charge in [-0.05, 0) is 30.3 Å². The number of nitrogens with one attached hydrogen (secondary N) is 1. The van der Waals surface area contributed by atoms with Gasteiger partial charge < -0.3 is 10.4 Å². The largest absolute Gasteiger partial charge is 0.384 e. The highest BCUT2D eigenvalue weighted by Crippen LogP contribution is 2.12. The van der Waals surface area contributed by atoms with Crippen molar-refractivity contribution in [2.45, 2.75) is 0 Å². The van der Waals surface area contributed by atoms with Crippen LogP contribution in [0.3, 0.4) is 0 Å². The maximum atomic E-state index is 12.8. The first-order chi connectivity index (χ1) is 9.70. The van der Waals surface area contributed by atoms with Crippen molar-refractivity contribution >= 4 is 11.6 Å². The van der Waals surface area contributed by atoms with Gasteiger partial charge in [0.05, 0.1) is 11.1 Å². The van der Waals surface area contributed by atoms with E-state index in [0.717, 1.165) is 0 Å². The van der Waals surface area contributed by atoms with E-state index in [1.165, 1.54) is 42.7 Å². The topological polar surface area (TPSA) is 62.2 Å². The highest BCUT2D eigenvalue weighted by Gasteiger charge is 2.10. The van der Waals surface area contributed by atoms with Gasteiger partial charge in [-0.25, -0.2) is 4.39 Å². The molecule has 0 unspecified atom stereocenters. The molecule has 1 heterocycles. The SMILES string of the molecule is O=C(Nc1ccc(F)cc1)c1ccncc1C#CCO. The fourth-order valence-corrected chi connectivity index (χ4v) is 1.56. The summed E-state index contributed by atoms with van der Waals surface area (Å²) >= 11 is 0. The molecule has 0 radical (unpaired) electrons. The van der Waals surface area contributed by atoms with Crippen LogP contribution in [0, 0.1) is 17.7 Å². The third-order valence-electron chi connectivity index (χ3n) is 2.47. The van der Waals surface area contributed by atoms with Crippen molar-refractivity contribution in [3.8, 4) is 11.8 Å². The summed E-state index contributed by atoms with van der Waals surface area (Å²) in [6, 6.07) is 6.98. The van der Waals surface area contributed by atoms with Gasteiger partial charge in [-0.1, -0.05) is 11.8 Å². The minimum absolute atomic E-state index is 0.298. The molecule has 1 amide bonds. The molecule has 2 N–H and O–H groups in total. The summed E-state index contributed by atoms with van der Waals surface area (Å²) in [6.45, 7) is -0.298. The molecule has 1 aromatic carbocycles. The number of anilines is 1. The van der Waals surface area contributed by atoms with E-state index in [1.807, 2.05) is 0 Å². The first-order valence-electron chi connectivity index (χ1n) is 5.81. The van der Waals surface area contributed by atoms with Crippen LogP contribution in [0.25, 0.3) is 0 Å². The smallest absolute Gasteiger partial charge is 0.257 e. The Hall–Kier alpha value is -2.71. The second kappa shape index (κ2) is 6.45. The molecule has 5 heteroatoms. The van der Waals surface area contributed by atoms with E-state index in [2.05, 4.69) is 22.1 Å². The molecule has 2 rings (SSSR count). The Kier molecular flexibility index (Phi) is 4.43. The highest BCUT2D eigenvalue weighted by atomic mass is 19.1. The molecule has 0 fully saturated rings. The van der Waals surface area contributed by atoms with E-state index in [9.17, 15) is 9.18 Å². The number of amides is 1. The second-order valence-corrected chi connectivity index (χ2v) is 3.84. The van der Waals surface area contributed by atoms with E-state index < -0.39 is 0 Å². The quantitative estimate of drug-likeness (QED) is 0.818. The maximum Gasteiger partial charge on any atom is 0.257 e. The molecule has 0 bridgehead atoms. The summed E-state index contributed by atoms with van der Waals surface area (Å²) in [5, 5.41) is 11.3. The van der Waals surface area contributed by atoms with Gasteiger partial charge in [-0.2, -0.15) is 0 Å². The summed E-state index contributed by atoms with van der Waals surface area (Å²) in [7, 11) is 0. The summed E-state index contributed by atoms with van der Waals surface area (Å²) in [5.74, 6) is 4.37. The normalized spacial score (nSPS) is 9.50. The molecule has 1 aromatic heterocycles. The average molecular weight is 270 g/mol. The number of aliphatic hydroxyl groups is 1. The average Bonchev–Trinajstić information content (AvgIpc) is 2.47. The molecule has 0 atom stereocenters. The number of hydrogen-bond acceptors (Lipinski definition) is 3. The van der Waals surface area contributed by atoms with Crippen LogP contribution < -0.4 is 5.32 Å². The van der Waals surface area contributed by atoms with Crippen molar-refractivity contribution in [2.75, 3.05) is 11.9 Å². The lowest BCUT2D eigenvalue weighted by atomic mass is 10.1. The third kappa shape index (κ3) is 3.40. The van der Waals surface area contributed by atoms with Gasteiger partial charge in [0.15, 0.2) is 0 Å². The van der Waals surface area contributed by atoms with Crippen molar-refractivity contribution in [1.82, 2.24) is 4.98 Å². The Morgan fingerprint density at radius 3 is 2.75 bits per heavy atom. The van der Waals surface area contributed by atoms with E-state index in [0.29, 0.717) is 16.8 Å². The number of aliphatic hydroxyl groups excluding tert-OH is 1. The van der Waals surface area contributed by atoms with Gasteiger partial charge in [-0.15, -0.1) is 0 Å².